The van der Waals surface area contributed by atoms with Crippen molar-refractivity contribution in [3.63, 3.8) is 0 Å². The number of halogens is 1. The van der Waals surface area contributed by atoms with Gasteiger partial charge in [0.1, 0.15) is 19.3 Å². The fraction of sp³-hybridized carbons (Fsp3) is 0.250. The zero-order chi connectivity index (χ0) is 14.1. The van der Waals surface area contributed by atoms with E-state index in [2.05, 4.69) is 15.9 Å². The van der Waals surface area contributed by atoms with Crippen LogP contribution >= 0.6 is 15.9 Å². The van der Waals surface area contributed by atoms with Crippen molar-refractivity contribution >= 4 is 15.9 Å². The number of aliphatic hydroxyl groups is 1. The molecule has 0 aromatic heterocycles. The molecule has 1 heterocycles. The first-order chi connectivity index (χ1) is 9.65. The second-order valence-corrected chi connectivity index (χ2v) is 5.68. The standard InChI is InChI=1S/C16H15BrO3/c1-10-2-4-11(5-3-10)16(18)12-8-14-15(9-13(12)17)20-7-6-19-14/h2-5,8-9,16,18H,6-7H2,1H3. The minimum atomic E-state index is -0.694. The van der Waals surface area contributed by atoms with E-state index in [1.807, 2.05) is 43.3 Å². The molecule has 3 rings (SSSR count). The summed E-state index contributed by atoms with van der Waals surface area (Å²) in [6.45, 7) is 3.12. The molecule has 1 N–H and O–H groups in total. The van der Waals surface area contributed by atoms with Crippen LogP contribution in [0.25, 0.3) is 0 Å². The molecule has 2 aromatic rings. The molecule has 1 aliphatic heterocycles. The monoisotopic (exact) mass is 334 g/mol. The Morgan fingerprint density at radius 3 is 2.30 bits per heavy atom. The Labute approximate surface area is 126 Å². The Morgan fingerprint density at radius 1 is 1.05 bits per heavy atom. The molecule has 0 saturated carbocycles. The second kappa shape index (κ2) is 5.46. The molecule has 3 nitrogen and oxygen atoms in total. The maximum absolute atomic E-state index is 10.5. The summed E-state index contributed by atoms with van der Waals surface area (Å²) >= 11 is 3.49. The van der Waals surface area contributed by atoms with Crippen LogP contribution in [-0.2, 0) is 0 Å². The number of hydrogen-bond acceptors (Lipinski definition) is 3. The molecular weight excluding hydrogens is 320 g/mol. The Morgan fingerprint density at radius 2 is 1.65 bits per heavy atom. The SMILES string of the molecule is Cc1ccc(C(O)c2cc3c(cc2Br)OCCO3)cc1. The largest absolute Gasteiger partial charge is 0.486 e. The van der Waals surface area contributed by atoms with E-state index in [-0.39, 0.29) is 0 Å². The van der Waals surface area contributed by atoms with Crippen molar-refractivity contribution in [2.75, 3.05) is 13.2 Å². The third-order valence-electron chi connectivity index (χ3n) is 3.35. The van der Waals surface area contributed by atoms with E-state index in [1.165, 1.54) is 5.56 Å². The molecule has 2 aromatic carbocycles. The normalized spacial score (nSPS) is 14.9. The summed E-state index contributed by atoms with van der Waals surface area (Å²) in [7, 11) is 0. The van der Waals surface area contributed by atoms with Gasteiger partial charge in [-0.3, -0.25) is 0 Å². The molecule has 0 spiro atoms. The number of benzene rings is 2. The summed E-state index contributed by atoms with van der Waals surface area (Å²) in [5.41, 5.74) is 2.80. The predicted octanol–water partition coefficient (Wildman–Crippen LogP) is 3.61. The van der Waals surface area contributed by atoms with Crippen LogP contribution in [0.3, 0.4) is 0 Å². The van der Waals surface area contributed by atoms with E-state index in [0.717, 1.165) is 15.6 Å². The lowest BCUT2D eigenvalue weighted by molar-refractivity contribution is 0.169. The highest BCUT2D eigenvalue weighted by molar-refractivity contribution is 9.10. The van der Waals surface area contributed by atoms with Gasteiger partial charge in [0.2, 0.25) is 0 Å². The average Bonchev–Trinajstić information content (AvgIpc) is 2.46. The number of ether oxygens (including phenoxy) is 2. The number of aryl methyl sites for hydroxylation is 1. The van der Waals surface area contributed by atoms with E-state index in [4.69, 9.17) is 9.47 Å². The second-order valence-electron chi connectivity index (χ2n) is 4.83. The van der Waals surface area contributed by atoms with Crippen LogP contribution in [0.15, 0.2) is 40.9 Å². The summed E-state index contributed by atoms with van der Waals surface area (Å²) in [6, 6.07) is 11.5. The van der Waals surface area contributed by atoms with Crippen molar-refractivity contribution in [3.8, 4) is 11.5 Å². The Balaban J connectivity index is 1.98. The van der Waals surface area contributed by atoms with Crippen molar-refractivity contribution in [2.24, 2.45) is 0 Å². The fourth-order valence-electron chi connectivity index (χ4n) is 2.22. The highest BCUT2D eigenvalue weighted by Crippen LogP contribution is 2.39. The van der Waals surface area contributed by atoms with Crippen molar-refractivity contribution in [1.29, 1.82) is 0 Å². The minimum absolute atomic E-state index is 0.536. The first kappa shape index (κ1) is 13.5. The van der Waals surface area contributed by atoms with E-state index in [1.54, 1.807) is 0 Å². The maximum atomic E-state index is 10.5. The van der Waals surface area contributed by atoms with Crippen LogP contribution in [0.1, 0.15) is 22.8 Å². The average molecular weight is 335 g/mol. The van der Waals surface area contributed by atoms with Gasteiger partial charge in [0.25, 0.3) is 0 Å². The highest BCUT2D eigenvalue weighted by Gasteiger charge is 2.20. The van der Waals surface area contributed by atoms with Crippen molar-refractivity contribution in [3.05, 3.63) is 57.6 Å². The van der Waals surface area contributed by atoms with Gasteiger partial charge in [0.05, 0.1) is 0 Å². The Hall–Kier alpha value is -1.52. The summed E-state index contributed by atoms with van der Waals surface area (Å²) in [4.78, 5) is 0. The summed E-state index contributed by atoms with van der Waals surface area (Å²) < 4.78 is 11.9. The molecule has 20 heavy (non-hydrogen) atoms. The van der Waals surface area contributed by atoms with Gasteiger partial charge in [-0.25, -0.2) is 0 Å². The van der Waals surface area contributed by atoms with Gasteiger partial charge in [-0.15, -0.1) is 0 Å². The van der Waals surface area contributed by atoms with E-state index < -0.39 is 6.10 Å². The van der Waals surface area contributed by atoms with Crippen LogP contribution in [0.4, 0.5) is 0 Å². The molecule has 0 bridgehead atoms. The van der Waals surface area contributed by atoms with Gasteiger partial charge < -0.3 is 14.6 Å². The van der Waals surface area contributed by atoms with Crippen molar-refractivity contribution in [2.45, 2.75) is 13.0 Å². The third-order valence-corrected chi connectivity index (χ3v) is 4.04. The molecule has 1 atom stereocenters. The molecule has 1 aliphatic rings. The van der Waals surface area contributed by atoms with Crippen LogP contribution in [0.2, 0.25) is 0 Å². The molecule has 0 amide bonds. The molecule has 0 radical (unpaired) electrons. The van der Waals surface area contributed by atoms with Gasteiger partial charge >= 0.3 is 0 Å². The molecule has 0 fully saturated rings. The third kappa shape index (κ3) is 2.53. The molecule has 104 valence electrons. The van der Waals surface area contributed by atoms with Crippen molar-refractivity contribution < 1.29 is 14.6 Å². The summed E-state index contributed by atoms with van der Waals surface area (Å²) in [6.07, 6.45) is -0.694. The number of aliphatic hydroxyl groups excluding tert-OH is 1. The quantitative estimate of drug-likeness (QED) is 0.911. The van der Waals surface area contributed by atoms with E-state index in [9.17, 15) is 5.11 Å². The lowest BCUT2D eigenvalue weighted by Crippen LogP contribution is -2.16. The summed E-state index contributed by atoms with van der Waals surface area (Å²) in [5, 5.41) is 10.5. The van der Waals surface area contributed by atoms with Gasteiger partial charge in [0, 0.05) is 10.0 Å². The topological polar surface area (TPSA) is 38.7 Å². The number of rotatable bonds is 2. The Kier molecular flexibility index (Phi) is 3.68. The molecular formula is C16H15BrO3. The maximum Gasteiger partial charge on any atom is 0.162 e. The lowest BCUT2D eigenvalue weighted by Gasteiger charge is -2.21. The highest BCUT2D eigenvalue weighted by atomic mass is 79.9. The van der Waals surface area contributed by atoms with Crippen molar-refractivity contribution in [1.82, 2.24) is 0 Å². The summed E-state index contributed by atoms with van der Waals surface area (Å²) in [5.74, 6) is 1.39. The zero-order valence-corrected chi connectivity index (χ0v) is 12.7. The molecule has 4 heteroatoms. The smallest absolute Gasteiger partial charge is 0.162 e. The van der Waals surface area contributed by atoms with Gasteiger partial charge in [-0.05, 0) is 24.6 Å². The van der Waals surface area contributed by atoms with Crippen LogP contribution < -0.4 is 9.47 Å². The first-order valence-corrected chi connectivity index (χ1v) is 7.28. The Bertz CT molecular complexity index is 622. The number of hydrogen-bond donors (Lipinski definition) is 1. The minimum Gasteiger partial charge on any atom is -0.486 e. The first-order valence-electron chi connectivity index (χ1n) is 6.49. The van der Waals surface area contributed by atoms with Crippen LogP contribution in [0.5, 0.6) is 11.5 Å². The van der Waals surface area contributed by atoms with Crippen LogP contribution in [-0.4, -0.2) is 18.3 Å². The lowest BCUT2D eigenvalue weighted by atomic mass is 10.00. The van der Waals surface area contributed by atoms with Crippen LogP contribution in [0, 0.1) is 6.92 Å². The fourth-order valence-corrected chi connectivity index (χ4v) is 2.76. The molecule has 0 saturated heterocycles. The van der Waals surface area contributed by atoms with Gasteiger partial charge in [0.15, 0.2) is 11.5 Å². The number of fused-ring (bicyclic) bond motifs is 1. The predicted molar refractivity (Wildman–Crippen MR) is 80.4 cm³/mol. The molecule has 0 aliphatic carbocycles. The van der Waals surface area contributed by atoms with Gasteiger partial charge in [-0.1, -0.05) is 45.8 Å². The van der Waals surface area contributed by atoms with Gasteiger partial charge in [-0.2, -0.15) is 0 Å². The zero-order valence-electron chi connectivity index (χ0n) is 11.1. The molecule has 1 unspecified atom stereocenters. The van der Waals surface area contributed by atoms with E-state index in [0.29, 0.717) is 24.7 Å². The van der Waals surface area contributed by atoms with E-state index >= 15 is 0 Å².